The summed E-state index contributed by atoms with van der Waals surface area (Å²) in [5, 5.41) is 0. The lowest BCUT2D eigenvalue weighted by Gasteiger charge is -2.08. The molecule has 0 bridgehead atoms. The van der Waals surface area contributed by atoms with Crippen LogP contribution >= 0.6 is 0 Å². The minimum absolute atomic E-state index is 0.145. The Morgan fingerprint density at radius 2 is 1.11 bits per heavy atom. The van der Waals surface area contributed by atoms with Gasteiger partial charge in [0.05, 0.1) is 17.0 Å². The van der Waals surface area contributed by atoms with E-state index in [-0.39, 0.29) is 5.78 Å². The molecule has 0 aliphatic rings. The SMILES string of the molecule is CCC(=O)c1c(-c2ccccc2)[nH]c(-c2ccccc2)c1-c1ccccc1. The summed E-state index contributed by atoms with van der Waals surface area (Å²) in [5.41, 5.74) is 6.77. The topological polar surface area (TPSA) is 32.9 Å². The molecule has 2 nitrogen and oxygen atoms in total. The summed E-state index contributed by atoms with van der Waals surface area (Å²) in [7, 11) is 0. The van der Waals surface area contributed by atoms with Crippen molar-refractivity contribution in [3.63, 3.8) is 0 Å². The largest absolute Gasteiger partial charge is 0.353 e. The van der Waals surface area contributed by atoms with E-state index in [9.17, 15) is 4.79 Å². The van der Waals surface area contributed by atoms with Crippen LogP contribution in [0.1, 0.15) is 23.7 Å². The average molecular weight is 351 g/mol. The molecule has 0 amide bonds. The van der Waals surface area contributed by atoms with Gasteiger partial charge in [0.15, 0.2) is 5.78 Å². The Morgan fingerprint density at radius 1 is 0.667 bits per heavy atom. The molecule has 4 aromatic rings. The summed E-state index contributed by atoms with van der Waals surface area (Å²) in [6.07, 6.45) is 0.464. The fraction of sp³-hybridized carbons (Fsp3) is 0.0800. The van der Waals surface area contributed by atoms with Crippen LogP contribution in [0.15, 0.2) is 91.0 Å². The van der Waals surface area contributed by atoms with Crippen molar-refractivity contribution >= 4 is 5.78 Å². The number of ketones is 1. The zero-order valence-corrected chi connectivity index (χ0v) is 15.3. The first kappa shape index (κ1) is 17.0. The third-order valence-electron chi connectivity index (χ3n) is 4.79. The van der Waals surface area contributed by atoms with Gasteiger partial charge in [0.25, 0.3) is 0 Å². The smallest absolute Gasteiger partial charge is 0.165 e. The van der Waals surface area contributed by atoms with Gasteiger partial charge in [-0.05, 0) is 16.7 Å². The van der Waals surface area contributed by atoms with Crippen LogP contribution in [0.5, 0.6) is 0 Å². The van der Waals surface area contributed by atoms with Gasteiger partial charge in [0, 0.05) is 12.0 Å². The molecule has 2 heteroatoms. The Bertz CT molecular complexity index is 1050. The number of rotatable bonds is 5. The number of carbonyl (C=O) groups excluding carboxylic acids is 1. The molecule has 0 unspecified atom stereocenters. The van der Waals surface area contributed by atoms with E-state index in [0.29, 0.717) is 6.42 Å². The Hall–Kier alpha value is -3.39. The van der Waals surface area contributed by atoms with Crippen LogP contribution in [-0.4, -0.2) is 10.8 Å². The molecule has 1 aromatic heterocycles. The fourth-order valence-corrected chi connectivity index (χ4v) is 3.49. The van der Waals surface area contributed by atoms with Gasteiger partial charge in [-0.2, -0.15) is 0 Å². The first-order chi connectivity index (χ1) is 13.3. The molecule has 0 aliphatic heterocycles. The minimum Gasteiger partial charge on any atom is -0.353 e. The molecule has 0 saturated carbocycles. The number of Topliss-reactive ketones (excluding diaryl/α,β-unsaturated/α-hetero) is 1. The molecule has 0 radical (unpaired) electrons. The molecule has 27 heavy (non-hydrogen) atoms. The molecule has 0 spiro atoms. The van der Waals surface area contributed by atoms with Crippen molar-refractivity contribution in [3.05, 3.63) is 96.6 Å². The van der Waals surface area contributed by atoms with E-state index < -0.39 is 0 Å². The van der Waals surface area contributed by atoms with Crippen LogP contribution < -0.4 is 0 Å². The first-order valence-electron chi connectivity index (χ1n) is 9.25. The quantitative estimate of drug-likeness (QED) is 0.403. The van der Waals surface area contributed by atoms with Crippen LogP contribution in [0, 0.1) is 0 Å². The number of hydrogen-bond donors (Lipinski definition) is 1. The number of nitrogens with one attached hydrogen (secondary N) is 1. The van der Waals surface area contributed by atoms with Gasteiger partial charge < -0.3 is 4.98 Å². The molecular weight excluding hydrogens is 330 g/mol. The predicted molar refractivity (Wildman–Crippen MR) is 112 cm³/mol. The Morgan fingerprint density at radius 3 is 1.59 bits per heavy atom. The van der Waals surface area contributed by atoms with Gasteiger partial charge in [0.2, 0.25) is 0 Å². The van der Waals surface area contributed by atoms with Crippen LogP contribution in [0.2, 0.25) is 0 Å². The normalized spacial score (nSPS) is 10.7. The van der Waals surface area contributed by atoms with E-state index in [2.05, 4.69) is 29.2 Å². The molecule has 4 rings (SSSR count). The van der Waals surface area contributed by atoms with Crippen molar-refractivity contribution in [2.75, 3.05) is 0 Å². The standard InChI is InChI=1S/C25H21NO/c1-2-21(27)23-22(18-12-6-3-7-13-18)24(19-14-8-4-9-15-19)26-25(23)20-16-10-5-11-17-20/h3-17,26H,2H2,1H3. The number of carbonyl (C=O) groups is 1. The van der Waals surface area contributed by atoms with Crippen molar-refractivity contribution in [1.29, 1.82) is 0 Å². The van der Waals surface area contributed by atoms with Crippen molar-refractivity contribution in [2.45, 2.75) is 13.3 Å². The van der Waals surface area contributed by atoms with Gasteiger partial charge in [-0.3, -0.25) is 4.79 Å². The van der Waals surface area contributed by atoms with E-state index in [1.165, 1.54) is 0 Å². The maximum atomic E-state index is 13.0. The van der Waals surface area contributed by atoms with E-state index >= 15 is 0 Å². The molecule has 1 heterocycles. The van der Waals surface area contributed by atoms with Gasteiger partial charge >= 0.3 is 0 Å². The second-order valence-electron chi connectivity index (χ2n) is 6.50. The van der Waals surface area contributed by atoms with Crippen molar-refractivity contribution < 1.29 is 4.79 Å². The summed E-state index contributed by atoms with van der Waals surface area (Å²) in [6, 6.07) is 30.4. The second kappa shape index (κ2) is 7.46. The lowest BCUT2D eigenvalue weighted by atomic mass is 9.93. The molecular formula is C25H21NO. The molecule has 3 aromatic carbocycles. The molecule has 1 N–H and O–H groups in total. The highest BCUT2D eigenvalue weighted by atomic mass is 16.1. The van der Waals surface area contributed by atoms with E-state index in [0.717, 1.165) is 39.2 Å². The Balaban J connectivity index is 2.07. The molecule has 0 saturated heterocycles. The van der Waals surface area contributed by atoms with E-state index in [1.807, 2.05) is 73.7 Å². The van der Waals surface area contributed by atoms with Crippen molar-refractivity contribution in [3.8, 4) is 33.6 Å². The summed E-state index contributed by atoms with van der Waals surface area (Å²) < 4.78 is 0. The van der Waals surface area contributed by atoms with Crippen LogP contribution in [0.25, 0.3) is 33.6 Å². The van der Waals surface area contributed by atoms with Crippen LogP contribution in [0.3, 0.4) is 0 Å². The Kier molecular flexibility index (Phi) is 4.71. The van der Waals surface area contributed by atoms with Gasteiger partial charge in [-0.25, -0.2) is 0 Å². The average Bonchev–Trinajstić information content (AvgIpc) is 3.16. The minimum atomic E-state index is 0.145. The summed E-state index contributed by atoms with van der Waals surface area (Å²) in [5.74, 6) is 0.145. The summed E-state index contributed by atoms with van der Waals surface area (Å²) >= 11 is 0. The zero-order chi connectivity index (χ0) is 18.6. The molecule has 132 valence electrons. The first-order valence-corrected chi connectivity index (χ1v) is 9.25. The summed E-state index contributed by atoms with van der Waals surface area (Å²) in [6.45, 7) is 1.92. The predicted octanol–water partition coefficient (Wildman–Crippen LogP) is 6.61. The third kappa shape index (κ3) is 3.22. The van der Waals surface area contributed by atoms with E-state index in [4.69, 9.17) is 0 Å². The van der Waals surface area contributed by atoms with Crippen LogP contribution in [0.4, 0.5) is 0 Å². The van der Waals surface area contributed by atoms with Crippen molar-refractivity contribution in [2.24, 2.45) is 0 Å². The van der Waals surface area contributed by atoms with Crippen LogP contribution in [-0.2, 0) is 0 Å². The van der Waals surface area contributed by atoms with Gasteiger partial charge in [0.1, 0.15) is 0 Å². The molecule has 0 fully saturated rings. The number of hydrogen-bond acceptors (Lipinski definition) is 1. The highest BCUT2D eigenvalue weighted by molar-refractivity contribution is 6.11. The molecule has 0 atom stereocenters. The zero-order valence-electron chi connectivity index (χ0n) is 15.3. The third-order valence-corrected chi connectivity index (χ3v) is 4.79. The van der Waals surface area contributed by atoms with Gasteiger partial charge in [-0.15, -0.1) is 0 Å². The van der Waals surface area contributed by atoms with Crippen molar-refractivity contribution in [1.82, 2.24) is 4.98 Å². The monoisotopic (exact) mass is 351 g/mol. The number of aromatic nitrogens is 1. The number of benzene rings is 3. The highest BCUT2D eigenvalue weighted by Gasteiger charge is 2.24. The maximum absolute atomic E-state index is 13.0. The van der Waals surface area contributed by atoms with E-state index in [1.54, 1.807) is 0 Å². The molecule has 0 aliphatic carbocycles. The van der Waals surface area contributed by atoms with Gasteiger partial charge in [-0.1, -0.05) is 97.9 Å². The number of H-pyrrole nitrogens is 1. The summed E-state index contributed by atoms with van der Waals surface area (Å²) in [4.78, 5) is 16.6. The highest BCUT2D eigenvalue weighted by Crippen LogP contribution is 2.41. The Labute approximate surface area is 159 Å². The second-order valence-corrected chi connectivity index (χ2v) is 6.50. The maximum Gasteiger partial charge on any atom is 0.165 e. The fourth-order valence-electron chi connectivity index (χ4n) is 3.49. The lowest BCUT2D eigenvalue weighted by molar-refractivity contribution is 0.0989. The number of aromatic amines is 1. The lowest BCUT2D eigenvalue weighted by Crippen LogP contribution is -2.00.